The van der Waals surface area contributed by atoms with Crippen molar-refractivity contribution in [3.8, 4) is 0 Å². The van der Waals surface area contributed by atoms with E-state index in [1.165, 1.54) is 0 Å². The minimum absolute atomic E-state index is 0.0165. The molecule has 2 N–H and O–H groups in total. The van der Waals surface area contributed by atoms with E-state index in [1.807, 2.05) is 35.2 Å². The third-order valence-electron chi connectivity index (χ3n) is 4.12. The summed E-state index contributed by atoms with van der Waals surface area (Å²) in [4.78, 5) is 26.3. The highest BCUT2D eigenvalue weighted by Gasteiger charge is 2.34. The van der Waals surface area contributed by atoms with Gasteiger partial charge in [0.05, 0.1) is 11.9 Å². The number of benzene rings is 1. The zero-order chi connectivity index (χ0) is 15.4. The molecule has 118 valence electrons. The molecule has 0 radical (unpaired) electrons. The van der Waals surface area contributed by atoms with Crippen molar-refractivity contribution >= 4 is 29.3 Å². The van der Waals surface area contributed by atoms with Gasteiger partial charge in [-0.1, -0.05) is 18.2 Å². The molecule has 1 aromatic carbocycles. The molecule has 5 nitrogen and oxygen atoms in total. The molecule has 6 heteroatoms. The van der Waals surface area contributed by atoms with Crippen molar-refractivity contribution in [1.82, 2.24) is 10.2 Å². The number of hydrogen-bond donors (Lipinski definition) is 2. The maximum absolute atomic E-state index is 12.3. The van der Waals surface area contributed by atoms with Crippen molar-refractivity contribution in [2.24, 2.45) is 5.92 Å². The molecule has 0 saturated carbocycles. The van der Waals surface area contributed by atoms with Gasteiger partial charge in [0.25, 0.3) is 0 Å². The van der Waals surface area contributed by atoms with E-state index in [-0.39, 0.29) is 23.8 Å². The smallest absolute Gasteiger partial charge is 0.240 e. The molecule has 22 heavy (non-hydrogen) atoms. The van der Waals surface area contributed by atoms with Crippen LogP contribution in [0.5, 0.6) is 0 Å². The fourth-order valence-corrected chi connectivity index (χ4v) is 3.91. The molecule has 2 fully saturated rings. The minimum Gasteiger partial charge on any atom is -0.331 e. The van der Waals surface area contributed by atoms with E-state index in [9.17, 15) is 9.59 Å². The third kappa shape index (κ3) is 3.81. The van der Waals surface area contributed by atoms with Gasteiger partial charge in [-0.2, -0.15) is 0 Å². The number of anilines is 1. The Hall–Kier alpha value is -1.53. The van der Waals surface area contributed by atoms with Gasteiger partial charge in [-0.25, -0.2) is 0 Å². The van der Waals surface area contributed by atoms with Crippen molar-refractivity contribution in [3.05, 3.63) is 30.3 Å². The van der Waals surface area contributed by atoms with Crippen LogP contribution in [0.4, 0.5) is 5.69 Å². The van der Waals surface area contributed by atoms with Crippen molar-refractivity contribution in [2.45, 2.75) is 18.9 Å². The number of carbonyl (C=O) groups excluding carboxylic acids is 2. The van der Waals surface area contributed by atoms with E-state index in [2.05, 4.69) is 10.6 Å². The van der Waals surface area contributed by atoms with Gasteiger partial charge in [0, 0.05) is 24.4 Å². The van der Waals surface area contributed by atoms with E-state index in [0.29, 0.717) is 6.42 Å². The fraction of sp³-hybridized carbons (Fsp3) is 0.500. The predicted molar refractivity (Wildman–Crippen MR) is 88.6 cm³/mol. The lowest BCUT2D eigenvalue weighted by Gasteiger charge is -2.19. The van der Waals surface area contributed by atoms with Crippen molar-refractivity contribution in [2.75, 3.05) is 30.0 Å². The van der Waals surface area contributed by atoms with Crippen LogP contribution in [-0.4, -0.2) is 47.5 Å². The number of thioether (sulfide) groups is 1. The first-order valence-electron chi connectivity index (χ1n) is 7.67. The number of nitrogens with one attached hydrogen (secondary N) is 2. The van der Waals surface area contributed by atoms with Crippen LogP contribution in [0, 0.1) is 5.92 Å². The van der Waals surface area contributed by atoms with Gasteiger partial charge >= 0.3 is 0 Å². The van der Waals surface area contributed by atoms with Gasteiger partial charge in [-0.05, 0) is 31.0 Å². The van der Waals surface area contributed by atoms with E-state index in [0.717, 1.165) is 36.8 Å². The number of para-hydroxylation sites is 1. The van der Waals surface area contributed by atoms with Crippen LogP contribution in [0.15, 0.2) is 30.3 Å². The van der Waals surface area contributed by atoms with Crippen molar-refractivity contribution in [1.29, 1.82) is 0 Å². The molecular weight excluding hydrogens is 298 g/mol. The molecule has 3 rings (SSSR count). The zero-order valence-corrected chi connectivity index (χ0v) is 13.3. The van der Waals surface area contributed by atoms with Gasteiger partial charge in [-0.15, -0.1) is 11.8 Å². The Kier molecular flexibility index (Phi) is 5.00. The minimum atomic E-state index is -0.117. The van der Waals surface area contributed by atoms with Crippen LogP contribution in [0.25, 0.3) is 0 Å². The molecule has 2 saturated heterocycles. The summed E-state index contributed by atoms with van der Waals surface area (Å²) in [5, 5.41) is 6.17. The topological polar surface area (TPSA) is 61.4 Å². The second-order valence-corrected chi connectivity index (χ2v) is 6.89. The number of nitrogens with zero attached hydrogens (tertiary/aromatic N) is 1. The number of rotatable bonds is 4. The lowest BCUT2D eigenvalue weighted by molar-refractivity contribution is -0.131. The first kappa shape index (κ1) is 15.4. The van der Waals surface area contributed by atoms with Crippen molar-refractivity contribution in [3.63, 3.8) is 0 Å². The normalized spacial score (nSPS) is 24.5. The lowest BCUT2D eigenvalue weighted by Crippen LogP contribution is -2.42. The molecule has 2 aliphatic heterocycles. The summed E-state index contributed by atoms with van der Waals surface area (Å²) in [5.74, 6) is 2.27. The molecule has 2 aliphatic rings. The Bertz CT molecular complexity index is 531. The average molecular weight is 319 g/mol. The van der Waals surface area contributed by atoms with Crippen molar-refractivity contribution < 1.29 is 9.59 Å². The molecule has 2 amide bonds. The van der Waals surface area contributed by atoms with E-state index >= 15 is 0 Å². The lowest BCUT2D eigenvalue weighted by atomic mass is 10.0. The average Bonchev–Trinajstić information content (AvgIpc) is 3.19. The Balaban J connectivity index is 1.46. The quantitative estimate of drug-likeness (QED) is 0.883. The van der Waals surface area contributed by atoms with E-state index in [1.54, 1.807) is 11.8 Å². The molecular formula is C16H21N3O2S. The molecule has 0 aromatic heterocycles. The van der Waals surface area contributed by atoms with Crippen LogP contribution < -0.4 is 10.6 Å². The highest BCUT2D eigenvalue weighted by atomic mass is 32.2. The van der Waals surface area contributed by atoms with E-state index < -0.39 is 0 Å². The summed E-state index contributed by atoms with van der Waals surface area (Å²) in [6.07, 6.45) is 1.21. The maximum atomic E-state index is 12.3. The molecule has 2 atom stereocenters. The summed E-state index contributed by atoms with van der Waals surface area (Å²) in [6.45, 7) is 1.58. The molecule has 0 aliphatic carbocycles. The molecule has 1 aromatic rings. The fourth-order valence-electron chi connectivity index (χ4n) is 2.96. The number of carbonyl (C=O) groups is 2. The zero-order valence-electron chi connectivity index (χ0n) is 12.5. The molecule has 2 unspecified atom stereocenters. The summed E-state index contributed by atoms with van der Waals surface area (Å²) < 4.78 is 0. The number of amides is 2. The largest absolute Gasteiger partial charge is 0.331 e. The second-order valence-electron chi connectivity index (χ2n) is 5.82. The van der Waals surface area contributed by atoms with Crippen LogP contribution in [-0.2, 0) is 9.59 Å². The van der Waals surface area contributed by atoms with Gasteiger partial charge < -0.3 is 15.5 Å². The number of hydrogen-bond acceptors (Lipinski definition) is 4. The second kappa shape index (κ2) is 7.15. The Labute approximate surface area is 134 Å². The summed E-state index contributed by atoms with van der Waals surface area (Å²) >= 11 is 1.80. The Morgan fingerprint density at radius 1 is 1.32 bits per heavy atom. The predicted octanol–water partition coefficient (Wildman–Crippen LogP) is 1.53. The molecule has 2 heterocycles. The first-order chi connectivity index (χ1) is 10.7. The summed E-state index contributed by atoms with van der Waals surface area (Å²) in [7, 11) is 0. The summed E-state index contributed by atoms with van der Waals surface area (Å²) in [5.41, 5.74) is 0.820. The van der Waals surface area contributed by atoms with Gasteiger partial charge in [0.1, 0.15) is 0 Å². The standard InChI is InChI=1S/C16H21N3O2S/c20-15(18-13-4-2-1-3-5-13)9-12-8-14(17-10-12)16(21)19-6-7-22-11-19/h1-5,12,14,17H,6-11H2,(H,18,20). The maximum Gasteiger partial charge on any atom is 0.240 e. The van der Waals surface area contributed by atoms with Gasteiger partial charge in [-0.3, -0.25) is 9.59 Å². The highest BCUT2D eigenvalue weighted by molar-refractivity contribution is 7.99. The Morgan fingerprint density at radius 3 is 2.86 bits per heavy atom. The van der Waals surface area contributed by atoms with Crippen LogP contribution in [0.2, 0.25) is 0 Å². The van der Waals surface area contributed by atoms with Crippen LogP contribution >= 0.6 is 11.8 Å². The van der Waals surface area contributed by atoms with Crippen LogP contribution in [0.3, 0.4) is 0 Å². The highest BCUT2D eigenvalue weighted by Crippen LogP contribution is 2.22. The molecule has 0 bridgehead atoms. The van der Waals surface area contributed by atoms with Gasteiger partial charge in [0.2, 0.25) is 11.8 Å². The van der Waals surface area contributed by atoms with Gasteiger partial charge in [0.15, 0.2) is 0 Å². The third-order valence-corrected chi connectivity index (χ3v) is 5.08. The first-order valence-corrected chi connectivity index (χ1v) is 8.82. The molecule has 0 spiro atoms. The monoisotopic (exact) mass is 319 g/mol. The van der Waals surface area contributed by atoms with Crippen LogP contribution in [0.1, 0.15) is 12.8 Å². The summed E-state index contributed by atoms with van der Waals surface area (Å²) in [6, 6.07) is 9.35. The van der Waals surface area contributed by atoms with E-state index in [4.69, 9.17) is 0 Å². The SMILES string of the molecule is O=C(CC1CNC(C(=O)N2CCSC2)C1)Nc1ccccc1. The Morgan fingerprint density at radius 2 is 2.14 bits per heavy atom.